The number of carbonyl (C=O) groups is 2. The molecule has 1 atom stereocenters. The normalized spacial score (nSPS) is 16.4. The maximum Gasteiger partial charge on any atom is 0.254 e. The van der Waals surface area contributed by atoms with Gasteiger partial charge < -0.3 is 15.0 Å². The Morgan fingerprint density at radius 1 is 1.33 bits per heavy atom. The number of nitrogens with one attached hydrogen (secondary N) is 1. The number of aryl methyl sites for hydroxylation is 2. The van der Waals surface area contributed by atoms with Crippen molar-refractivity contribution in [2.24, 2.45) is 7.05 Å². The van der Waals surface area contributed by atoms with E-state index in [4.69, 9.17) is 4.74 Å². The van der Waals surface area contributed by atoms with Crippen LogP contribution < -0.4 is 10.1 Å². The van der Waals surface area contributed by atoms with Crippen LogP contribution in [-0.4, -0.2) is 52.2 Å². The van der Waals surface area contributed by atoms with E-state index in [-0.39, 0.29) is 17.9 Å². The van der Waals surface area contributed by atoms with Crippen molar-refractivity contribution in [2.45, 2.75) is 32.7 Å². The molecule has 0 spiro atoms. The molecule has 27 heavy (non-hydrogen) atoms. The zero-order chi connectivity index (χ0) is 19.4. The Morgan fingerprint density at radius 2 is 2.15 bits per heavy atom. The molecule has 3 rings (SSSR count). The number of aromatic nitrogens is 2. The first-order chi connectivity index (χ1) is 13.0. The molecule has 1 aromatic heterocycles. The van der Waals surface area contributed by atoms with Crippen LogP contribution in [0.25, 0.3) is 0 Å². The highest BCUT2D eigenvalue weighted by Gasteiger charge is 2.30. The second-order valence-electron chi connectivity index (χ2n) is 6.82. The quantitative estimate of drug-likeness (QED) is 0.845. The summed E-state index contributed by atoms with van der Waals surface area (Å²) >= 11 is 0. The largest absolute Gasteiger partial charge is 0.494 e. The predicted molar refractivity (Wildman–Crippen MR) is 102 cm³/mol. The average molecular weight is 370 g/mol. The zero-order valence-corrected chi connectivity index (χ0v) is 16.1. The third-order valence-corrected chi connectivity index (χ3v) is 4.84. The molecular weight excluding hydrogens is 344 g/mol. The van der Waals surface area contributed by atoms with Gasteiger partial charge in [-0.05, 0) is 44.4 Å². The first-order valence-corrected chi connectivity index (χ1v) is 9.31. The summed E-state index contributed by atoms with van der Waals surface area (Å²) in [6.07, 6.45) is 5.02. The van der Waals surface area contributed by atoms with Crippen LogP contribution in [0, 0.1) is 6.92 Å². The van der Waals surface area contributed by atoms with Crippen molar-refractivity contribution in [3.05, 3.63) is 47.3 Å². The fraction of sp³-hybridized carbons (Fsp3) is 0.450. The summed E-state index contributed by atoms with van der Waals surface area (Å²) in [7, 11) is 1.77. The van der Waals surface area contributed by atoms with Crippen LogP contribution in [0.1, 0.15) is 46.0 Å². The highest BCUT2D eigenvalue weighted by Crippen LogP contribution is 2.24. The van der Waals surface area contributed by atoms with Crippen molar-refractivity contribution >= 4 is 11.8 Å². The highest BCUT2D eigenvalue weighted by molar-refractivity contribution is 5.95. The topological polar surface area (TPSA) is 76.5 Å². The van der Waals surface area contributed by atoms with Crippen LogP contribution in [-0.2, 0) is 7.05 Å². The van der Waals surface area contributed by atoms with E-state index >= 15 is 0 Å². The van der Waals surface area contributed by atoms with Gasteiger partial charge in [-0.3, -0.25) is 14.3 Å². The van der Waals surface area contributed by atoms with Crippen LogP contribution in [0.5, 0.6) is 5.75 Å². The van der Waals surface area contributed by atoms with Crippen molar-refractivity contribution < 1.29 is 14.3 Å². The van der Waals surface area contributed by atoms with Gasteiger partial charge in [0.15, 0.2) is 0 Å². The molecule has 7 nitrogen and oxygen atoms in total. The van der Waals surface area contributed by atoms with Crippen LogP contribution in [0.4, 0.5) is 0 Å². The molecule has 2 heterocycles. The molecule has 1 aliphatic heterocycles. The van der Waals surface area contributed by atoms with E-state index in [0.717, 1.165) is 24.2 Å². The van der Waals surface area contributed by atoms with E-state index in [2.05, 4.69) is 10.4 Å². The number of amides is 2. The Hall–Kier alpha value is -2.83. The maximum absolute atomic E-state index is 13.0. The molecule has 1 N–H and O–H groups in total. The number of hydrogen-bond donors (Lipinski definition) is 1. The SMILES string of the molecule is CCOc1cc(C(=O)N2CCCC2CNC(=O)c2cnn(C)c2)ccc1C. The van der Waals surface area contributed by atoms with Crippen LogP contribution in [0.15, 0.2) is 30.6 Å². The second kappa shape index (κ2) is 8.24. The highest BCUT2D eigenvalue weighted by atomic mass is 16.5. The van der Waals surface area contributed by atoms with Crippen molar-refractivity contribution in [3.8, 4) is 5.75 Å². The molecule has 1 aliphatic rings. The second-order valence-corrected chi connectivity index (χ2v) is 6.82. The lowest BCUT2D eigenvalue weighted by Gasteiger charge is -2.25. The third-order valence-electron chi connectivity index (χ3n) is 4.84. The van der Waals surface area contributed by atoms with Gasteiger partial charge in [0.05, 0.1) is 18.4 Å². The fourth-order valence-corrected chi connectivity index (χ4v) is 3.38. The van der Waals surface area contributed by atoms with Gasteiger partial charge in [0, 0.05) is 37.9 Å². The molecule has 0 radical (unpaired) electrons. The minimum Gasteiger partial charge on any atom is -0.494 e. The number of ether oxygens (including phenoxy) is 1. The molecule has 144 valence electrons. The van der Waals surface area contributed by atoms with Gasteiger partial charge in [-0.1, -0.05) is 6.07 Å². The standard InChI is InChI=1S/C20H26N4O3/c1-4-27-18-10-15(8-7-14(18)2)20(26)24-9-5-6-17(24)12-21-19(25)16-11-22-23(3)13-16/h7-8,10-11,13,17H,4-6,9,12H2,1-3H3,(H,21,25). The van der Waals surface area contributed by atoms with Crippen LogP contribution in [0.3, 0.4) is 0 Å². The van der Waals surface area contributed by atoms with E-state index in [1.165, 1.54) is 6.20 Å². The van der Waals surface area contributed by atoms with Crippen LogP contribution >= 0.6 is 0 Å². The van der Waals surface area contributed by atoms with E-state index < -0.39 is 0 Å². The number of carbonyl (C=O) groups excluding carboxylic acids is 2. The van der Waals surface area contributed by atoms with Gasteiger partial charge >= 0.3 is 0 Å². The lowest BCUT2D eigenvalue weighted by Crippen LogP contribution is -2.43. The summed E-state index contributed by atoms with van der Waals surface area (Å²) in [5.74, 6) is 0.550. The summed E-state index contributed by atoms with van der Waals surface area (Å²) in [4.78, 5) is 27.1. The third kappa shape index (κ3) is 4.30. The molecule has 7 heteroatoms. The Morgan fingerprint density at radius 3 is 2.85 bits per heavy atom. The first-order valence-electron chi connectivity index (χ1n) is 9.31. The lowest BCUT2D eigenvalue weighted by atomic mass is 10.1. The van der Waals surface area contributed by atoms with E-state index in [0.29, 0.717) is 30.8 Å². The van der Waals surface area contributed by atoms with Crippen LogP contribution in [0.2, 0.25) is 0 Å². The number of rotatable bonds is 6. The molecule has 0 saturated carbocycles. The van der Waals surface area contributed by atoms with Gasteiger partial charge in [-0.15, -0.1) is 0 Å². The first kappa shape index (κ1) is 18.9. The molecule has 1 unspecified atom stereocenters. The van der Waals surface area contributed by atoms with Gasteiger partial charge in [0.25, 0.3) is 11.8 Å². The number of nitrogens with zero attached hydrogens (tertiary/aromatic N) is 3. The minimum atomic E-state index is -0.170. The molecule has 1 aromatic carbocycles. The fourth-order valence-electron chi connectivity index (χ4n) is 3.38. The van der Waals surface area contributed by atoms with Crippen molar-refractivity contribution in [1.82, 2.24) is 20.0 Å². The van der Waals surface area contributed by atoms with E-state index in [1.54, 1.807) is 17.9 Å². The summed E-state index contributed by atoms with van der Waals surface area (Å²) in [5, 5.41) is 6.93. The van der Waals surface area contributed by atoms with Gasteiger partial charge in [0.1, 0.15) is 5.75 Å². The molecule has 2 aromatic rings. The lowest BCUT2D eigenvalue weighted by molar-refractivity contribution is 0.0724. The molecule has 0 aliphatic carbocycles. The van der Waals surface area contributed by atoms with Gasteiger partial charge in [0.2, 0.25) is 0 Å². The molecule has 1 fully saturated rings. The number of likely N-dealkylation sites (tertiary alicyclic amines) is 1. The Labute approximate surface area is 159 Å². The molecule has 0 bridgehead atoms. The average Bonchev–Trinajstić information content (AvgIpc) is 3.30. The van der Waals surface area contributed by atoms with Crippen molar-refractivity contribution in [1.29, 1.82) is 0 Å². The van der Waals surface area contributed by atoms with E-state index in [1.807, 2.05) is 36.9 Å². The molecule has 1 saturated heterocycles. The number of hydrogen-bond acceptors (Lipinski definition) is 4. The monoisotopic (exact) mass is 370 g/mol. The Bertz CT molecular complexity index is 830. The predicted octanol–water partition coefficient (Wildman–Crippen LogP) is 2.16. The Kier molecular flexibility index (Phi) is 5.78. The minimum absolute atomic E-state index is 0.00466. The summed E-state index contributed by atoms with van der Waals surface area (Å²) in [5.41, 5.74) is 2.15. The van der Waals surface area contributed by atoms with Crippen molar-refractivity contribution in [2.75, 3.05) is 19.7 Å². The maximum atomic E-state index is 13.0. The molecule has 2 amide bonds. The van der Waals surface area contributed by atoms with Gasteiger partial charge in [-0.25, -0.2) is 0 Å². The molecular formula is C20H26N4O3. The van der Waals surface area contributed by atoms with Gasteiger partial charge in [-0.2, -0.15) is 5.10 Å². The number of benzene rings is 1. The summed E-state index contributed by atoms with van der Waals surface area (Å²) in [6, 6.07) is 5.55. The summed E-state index contributed by atoms with van der Waals surface area (Å²) < 4.78 is 7.20. The summed E-state index contributed by atoms with van der Waals surface area (Å²) in [6.45, 7) is 5.58. The zero-order valence-electron chi connectivity index (χ0n) is 16.1. The Balaban J connectivity index is 1.66. The van der Waals surface area contributed by atoms with E-state index in [9.17, 15) is 9.59 Å². The van der Waals surface area contributed by atoms with Crippen molar-refractivity contribution in [3.63, 3.8) is 0 Å². The smallest absolute Gasteiger partial charge is 0.254 e.